The van der Waals surface area contributed by atoms with Gasteiger partial charge in [-0.3, -0.25) is 9.59 Å². The highest BCUT2D eigenvalue weighted by atomic mass is 16.6. The number of carbonyl (C=O) groups is 2. The molecule has 53 heavy (non-hydrogen) atoms. The van der Waals surface area contributed by atoms with E-state index in [0.717, 1.165) is 44.9 Å². The minimum Gasteiger partial charge on any atom is -0.463 e. The van der Waals surface area contributed by atoms with Crippen LogP contribution in [0.4, 0.5) is 0 Å². The van der Waals surface area contributed by atoms with E-state index in [1.807, 2.05) is 30.4 Å². The molecule has 1 unspecified atom stereocenters. The van der Waals surface area contributed by atoms with Crippen LogP contribution in [0.2, 0.25) is 0 Å². The predicted molar refractivity (Wildman–Crippen MR) is 225 cm³/mol. The molecule has 0 rings (SSSR count). The molecule has 0 saturated carbocycles. The second-order valence-corrected chi connectivity index (χ2v) is 14.3. The van der Waals surface area contributed by atoms with Crippen LogP contribution in [0.15, 0.2) is 72.9 Å². The fourth-order valence-corrected chi connectivity index (χ4v) is 5.78. The van der Waals surface area contributed by atoms with Gasteiger partial charge in [-0.2, -0.15) is 0 Å². The molecular weight excluding hydrogens is 661 g/mol. The summed E-state index contributed by atoms with van der Waals surface area (Å²) < 4.78 is 10.3. The summed E-state index contributed by atoms with van der Waals surface area (Å²) in [6, 6.07) is 0. The van der Waals surface area contributed by atoms with Crippen LogP contribution >= 0.6 is 0 Å². The lowest BCUT2D eigenvalue weighted by Crippen LogP contribution is -2.25. The van der Waals surface area contributed by atoms with Crippen LogP contribution in [-0.4, -0.2) is 47.6 Å². The van der Waals surface area contributed by atoms with E-state index < -0.39 is 18.2 Å². The van der Waals surface area contributed by atoms with Crippen molar-refractivity contribution in [2.24, 2.45) is 0 Å². The van der Waals surface area contributed by atoms with Gasteiger partial charge in [-0.25, -0.2) is 0 Å². The monoisotopic (exact) mass is 741 g/mol. The van der Waals surface area contributed by atoms with Crippen molar-refractivity contribution in [3.63, 3.8) is 0 Å². The third-order valence-electron chi connectivity index (χ3n) is 9.05. The Bertz CT molecular complexity index is 991. The summed E-state index contributed by atoms with van der Waals surface area (Å²) in [6.07, 6.45) is 52.8. The minimum absolute atomic E-state index is 0.169. The normalized spacial score (nSPS) is 13.5. The van der Waals surface area contributed by atoms with Crippen LogP contribution < -0.4 is 0 Å². The molecule has 6 nitrogen and oxygen atoms in total. The molecule has 0 fully saturated rings. The van der Waals surface area contributed by atoms with Gasteiger partial charge < -0.3 is 19.7 Å². The average molecular weight is 741 g/mol. The molecule has 0 aliphatic heterocycles. The van der Waals surface area contributed by atoms with Crippen molar-refractivity contribution in [3.05, 3.63) is 72.9 Å². The highest BCUT2D eigenvalue weighted by Crippen LogP contribution is 2.15. The largest absolute Gasteiger partial charge is 0.463 e. The topological polar surface area (TPSA) is 93.1 Å². The highest BCUT2D eigenvalue weighted by molar-refractivity contribution is 5.70. The Morgan fingerprint density at radius 3 is 1.42 bits per heavy atom. The molecule has 0 aliphatic rings. The fourth-order valence-electron chi connectivity index (χ4n) is 5.78. The number of carbonyl (C=O) groups excluding carboxylic acids is 2. The maximum absolute atomic E-state index is 12.0. The van der Waals surface area contributed by atoms with E-state index in [-0.39, 0.29) is 25.6 Å². The van der Waals surface area contributed by atoms with Crippen molar-refractivity contribution in [1.29, 1.82) is 0 Å². The molecule has 2 N–H and O–H groups in total. The van der Waals surface area contributed by atoms with Crippen molar-refractivity contribution in [1.82, 2.24) is 0 Å². The molecular formula is C47H80O6. The van der Waals surface area contributed by atoms with Gasteiger partial charge >= 0.3 is 11.9 Å². The number of hydrogen-bond acceptors (Lipinski definition) is 6. The Kier molecular flexibility index (Phi) is 39.9. The fraction of sp³-hybridized carbons (Fsp3) is 0.702. The van der Waals surface area contributed by atoms with Crippen LogP contribution in [0.3, 0.4) is 0 Å². The second-order valence-electron chi connectivity index (χ2n) is 14.3. The van der Waals surface area contributed by atoms with Gasteiger partial charge in [-0.1, -0.05) is 202 Å². The van der Waals surface area contributed by atoms with Crippen molar-refractivity contribution >= 4 is 11.9 Å². The van der Waals surface area contributed by atoms with E-state index in [0.29, 0.717) is 19.3 Å². The molecule has 0 aliphatic carbocycles. The lowest BCUT2D eigenvalue weighted by molar-refractivity contribution is -0.152. The van der Waals surface area contributed by atoms with Crippen LogP contribution in [0, 0.1) is 0 Å². The SMILES string of the molecule is CC/C=C\C/C=C\C/C=C\C/C=C\C=C/C(O)C/C=C\CCC(=O)OC[C@@H](O)COC(=O)CCCCCCCCCCCCCCCCCCCCC. The molecule has 2 atom stereocenters. The number of rotatable bonds is 38. The minimum atomic E-state index is -1.03. The Labute approximate surface area is 326 Å². The molecule has 0 aromatic rings. The van der Waals surface area contributed by atoms with E-state index in [1.54, 1.807) is 6.08 Å². The first-order valence-corrected chi connectivity index (χ1v) is 21.6. The van der Waals surface area contributed by atoms with Gasteiger partial charge in [0.1, 0.15) is 19.3 Å². The molecule has 0 aromatic carbocycles. The third kappa shape index (κ3) is 41.9. The first-order chi connectivity index (χ1) is 26.0. The molecule has 304 valence electrons. The highest BCUT2D eigenvalue weighted by Gasteiger charge is 2.12. The summed E-state index contributed by atoms with van der Waals surface area (Å²) in [7, 11) is 0. The van der Waals surface area contributed by atoms with Gasteiger partial charge in [0.25, 0.3) is 0 Å². The second kappa shape index (κ2) is 42.0. The van der Waals surface area contributed by atoms with Crippen molar-refractivity contribution in [2.45, 2.75) is 199 Å². The van der Waals surface area contributed by atoms with Crippen molar-refractivity contribution in [2.75, 3.05) is 13.2 Å². The Morgan fingerprint density at radius 2 is 0.925 bits per heavy atom. The lowest BCUT2D eigenvalue weighted by atomic mass is 10.0. The van der Waals surface area contributed by atoms with Gasteiger partial charge in [0, 0.05) is 12.8 Å². The number of esters is 2. The zero-order valence-electron chi connectivity index (χ0n) is 34.1. The van der Waals surface area contributed by atoms with E-state index in [9.17, 15) is 19.8 Å². The summed E-state index contributed by atoms with van der Waals surface area (Å²) >= 11 is 0. The summed E-state index contributed by atoms with van der Waals surface area (Å²) in [6.45, 7) is 4.04. The maximum Gasteiger partial charge on any atom is 0.306 e. The van der Waals surface area contributed by atoms with E-state index in [2.05, 4.69) is 50.3 Å². The number of unbranched alkanes of at least 4 members (excludes halogenated alkanes) is 18. The zero-order valence-corrected chi connectivity index (χ0v) is 34.1. The van der Waals surface area contributed by atoms with Gasteiger partial charge in [0.05, 0.1) is 6.10 Å². The van der Waals surface area contributed by atoms with Crippen LogP contribution in [0.5, 0.6) is 0 Å². The number of aliphatic hydroxyl groups excluding tert-OH is 2. The Balaban J connectivity index is 3.62. The quantitative estimate of drug-likeness (QED) is 0.0283. The summed E-state index contributed by atoms with van der Waals surface area (Å²) in [4.78, 5) is 24.0. The molecule has 0 radical (unpaired) electrons. The van der Waals surface area contributed by atoms with Gasteiger partial charge in [-0.05, 0) is 44.9 Å². The van der Waals surface area contributed by atoms with E-state index >= 15 is 0 Å². The Morgan fingerprint density at radius 1 is 0.491 bits per heavy atom. The molecule has 6 heteroatoms. The Hall–Kier alpha value is -2.70. The van der Waals surface area contributed by atoms with Gasteiger partial charge in [0.15, 0.2) is 0 Å². The number of allylic oxidation sites excluding steroid dienone is 10. The van der Waals surface area contributed by atoms with Crippen molar-refractivity contribution in [3.8, 4) is 0 Å². The lowest BCUT2D eigenvalue weighted by Gasteiger charge is -2.12. The zero-order chi connectivity index (χ0) is 38.7. The first kappa shape index (κ1) is 50.3. The van der Waals surface area contributed by atoms with Crippen LogP contribution in [-0.2, 0) is 19.1 Å². The maximum atomic E-state index is 12.0. The number of ether oxygens (including phenoxy) is 2. The summed E-state index contributed by atoms with van der Waals surface area (Å²) in [5.74, 6) is -0.739. The third-order valence-corrected chi connectivity index (χ3v) is 9.05. The number of hydrogen-bond donors (Lipinski definition) is 2. The first-order valence-electron chi connectivity index (χ1n) is 21.6. The predicted octanol–water partition coefficient (Wildman–Crippen LogP) is 12.7. The molecule has 0 bridgehead atoms. The molecule has 0 amide bonds. The standard InChI is InChI=1S/C47H80O6/c1-3-5-7-9-11-13-15-17-18-19-20-21-22-24-26-28-30-32-36-40-46(50)52-42-45(49)43-53-47(51)41-37-33-35-39-44(48)38-34-31-29-27-25-23-16-14-12-10-8-6-4-2/h6,8,12,14,23,25,29,31,33-35,38,44-45,48-49H,3-5,7,9-11,13,15-22,24,26-28,30,32,36-37,39-43H2,1-2H3/b8-6-,14-12-,25-23-,31-29-,35-33-,38-34-/t44?,45-/m0/s1. The molecule has 0 aromatic heterocycles. The van der Waals surface area contributed by atoms with Crippen molar-refractivity contribution < 1.29 is 29.3 Å². The number of aliphatic hydroxyl groups is 2. The van der Waals surface area contributed by atoms with E-state index in [4.69, 9.17) is 9.47 Å². The molecule has 0 spiro atoms. The van der Waals surface area contributed by atoms with Crippen LogP contribution in [0.25, 0.3) is 0 Å². The summed E-state index contributed by atoms with van der Waals surface area (Å²) in [5, 5.41) is 20.1. The average Bonchev–Trinajstić information content (AvgIpc) is 3.15. The van der Waals surface area contributed by atoms with Gasteiger partial charge in [0.2, 0.25) is 0 Å². The van der Waals surface area contributed by atoms with E-state index in [1.165, 1.54) is 103 Å². The van der Waals surface area contributed by atoms with Gasteiger partial charge in [-0.15, -0.1) is 0 Å². The van der Waals surface area contributed by atoms with Crippen LogP contribution in [0.1, 0.15) is 187 Å². The smallest absolute Gasteiger partial charge is 0.306 e. The molecule has 0 heterocycles. The molecule has 0 saturated heterocycles. The summed E-state index contributed by atoms with van der Waals surface area (Å²) in [5.41, 5.74) is 0.